The molecule has 5 heteroatoms. The molecule has 0 aliphatic carbocycles. The summed E-state index contributed by atoms with van der Waals surface area (Å²) in [7, 11) is 0. The number of rotatable bonds is 7. The van der Waals surface area contributed by atoms with Crippen LogP contribution in [-0.4, -0.2) is 16.2 Å². The number of nitrogens with two attached hydrogens (primary N) is 1. The van der Waals surface area contributed by atoms with Crippen LogP contribution >= 0.6 is 11.8 Å². The van der Waals surface area contributed by atoms with Crippen molar-refractivity contribution < 1.29 is 4.92 Å². The van der Waals surface area contributed by atoms with Crippen molar-refractivity contribution >= 4 is 17.4 Å². The molecular formula is C13H20N2O2S. The number of hydrogen-bond donors (Lipinski definition) is 1. The van der Waals surface area contributed by atoms with Crippen molar-refractivity contribution in [3.05, 3.63) is 34.4 Å². The zero-order chi connectivity index (χ0) is 13.5. The summed E-state index contributed by atoms with van der Waals surface area (Å²) >= 11 is 1.71. The Labute approximate surface area is 112 Å². The third-order valence-corrected chi connectivity index (χ3v) is 4.37. The topological polar surface area (TPSA) is 69.2 Å². The first kappa shape index (κ1) is 15.0. The minimum Gasteiger partial charge on any atom is -0.327 e. The lowest BCUT2D eigenvalue weighted by Crippen LogP contribution is -2.31. The maximum absolute atomic E-state index is 10.6. The number of nitro groups is 1. The van der Waals surface area contributed by atoms with Gasteiger partial charge in [-0.15, -0.1) is 11.8 Å². The Kier molecular flexibility index (Phi) is 6.15. The SMILES string of the molecule is CCCC(N)C(CC)Sc1ccc([N+](=O)[O-])cc1. The highest BCUT2D eigenvalue weighted by Crippen LogP contribution is 2.29. The molecule has 18 heavy (non-hydrogen) atoms. The summed E-state index contributed by atoms with van der Waals surface area (Å²) in [6.07, 6.45) is 3.10. The summed E-state index contributed by atoms with van der Waals surface area (Å²) in [4.78, 5) is 11.2. The summed E-state index contributed by atoms with van der Waals surface area (Å²) in [5.74, 6) is 0. The first-order chi connectivity index (χ1) is 8.58. The first-order valence-corrected chi connectivity index (χ1v) is 7.13. The zero-order valence-electron chi connectivity index (χ0n) is 10.8. The van der Waals surface area contributed by atoms with Crippen molar-refractivity contribution in [1.29, 1.82) is 0 Å². The number of thioether (sulfide) groups is 1. The van der Waals surface area contributed by atoms with Crippen molar-refractivity contribution in [3.8, 4) is 0 Å². The predicted octanol–water partition coefficient (Wildman–Crippen LogP) is 3.59. The second-order valence-electron chi connectivity index (χ2n) is 4.27. The molecule has 0 radical (unpaired) electrons. The van der Waals surface area contributed by atoms with Crippen LogP contribution in [0.4, 0.5) is 5.69 Å². The van der Waals surface area contributed by atoms with Crippen LogP contribution in [0.2, 0.25) is 0 Å². The van der Waals surface area contributed by atoms with Crippen LogP contribution in [0.25, 0.3) is 0 Å². The largest absolute Gasteiger partial charge is 0.327 e. The van der Waals surface area contributed by atoms with Crippen LogP contribution in [0, 0.1) is 10.1 Å². The number of non-ortho nitro benzene ring substituents is 1. The molecule has 0 aromatic heterocycles. The molecule has 2 unspecified atom stereocenters. The molecule has 0 amide bonds. The van der Waals surface area contributed by atoms with Gasteiger partial charge in [-0.2, -0.15) is 0 Å². The van der Waals surface area contributed by atoms with Crippen LogP contribution in [0.3, 0.4) is 0 Å². The Morgan fingerprint density at radius 2 is 1.94 bits per heavy atom. The lowest BCUT2D eigenvalue weighted by molar-refractivity contribution is -0.384. The van der Waals surface area contributed by atoms with E-state index in [1.165, 1.54) is 0 Å². The molecule has 0 aliphatic rings. The minimum absolute atomic E-state index is 0.130. The van der Waals surface area contributed by atoms with Gasteiger partial charge in [0, 0.05) is 28.3 Å². The molecular weight excluding hydrogens is 248 g/mol. The molecule has 0 heterocycles. The van der Waals surface area contributed by atoms with Gasteiger partial charge in [-0.25, -0.2) is 0 Å². The van der Waals surface area contributed by atoms with Gasteiger partial charge < -0.3 is 5.73 Å². The van der Waals surface area contributed by atoms with Gasteiger partial charge in [0.15, 0.2) is 0 Å². The van der Waals surface area contributed by atoms with E-state index in [9.17, 15) is 10.1 Å². The second kappa shape index (κ2) is 7.38. The van der Waals surface area contributed by atoms with Crippen LogP contribution in [-0.2, 0) is 0 Å². The highest BCUT2D eigenvalue weighted by Gasteiger charge is 2.16. The van der Waals surface area contributed by atoms with Crippen LogP contribution < -0.4 is 5.73 Å². The van der Waals surface area contributed by atoms with Gasteiger partial charge in [-0.05, 0) is 25.0 Å². The summed E-state index contributed by atoms with van der Waals surface area (Å²) in [6.45, 7) is 4.25. The average Bonchev–Trinajstić information content (AvgIpc) is 2.36. The van der Waals surface area contributed by atoms with Gasteiger partial charge in [-0.1, -0.05) is 20.3 Å². The third kappa shape index (κ3) is 4.31. The monoisotopic (exact) mass is 268 g/mol. The van der Waals surface area contributed by atoms with Crippen molar-refractivity contribution in [2.75, 3.05) is 0 Å². The standard InChI is InChI=1S/C13H20N2O2S/c1-3-5-12(14)13(4-2)18-11-8-6-10(7-9-11)15(16)17/h6-9,12-13H,3-5,14H2,1-2H3. The number of nitrogens with zero attached hydrogens (tertiary/aromatic N) is 1. The number of hydrogen-bond acceptors (Lipinski definition) is 4. The van der Waals surface area contributed by atoms with E-state index in [0.717, 1.165) is 24.2 Å². The summed E-state index contributed by atoms with van der Waals surface area (Å²) in [5.41, 5.74) is 6.27. The molecule has 1 rings (SSSR count). The summed E-state index contributed by atoms with van der Waals surface area (Å²) in [5, 5.41) is 10.9. The van der Waals surface area contributed by atoms with E-state index < -0.39 is 0 Å². The van der Waals surface area contributed by atoms with Gasteiger partial charge >= 0.3 is 0 Å². The van der Waals surface area contributed by atoms with Gasteiger partial charge in [0.2, 0.25) is 0 Å². The second-order valence-corrected chi connectivity index (χ2v) is 5.58. The normalized spacial score (nSPS) is 14.2. The van der Waals surface area contributed by atoms with Crippen molar-refractivity contribution in [3.63, 3.8) is 0 Å². The average molecular weight is 268 g/mol. The Morgan fingerprint density at radius 1 is 1.33 bits per heavy atom. The summed E-state index contributed by atoms with van der Waals surface area (Å²) < 4.78 is 0. The Hall–Kier alpha value is -1.07. The highest BCUT2D eigenvalue weighted by atomic mass is 32.2. The molecule has 2 atom stereocenters. The van der Waals surface area contributed by atoms with E-state index in [1.807, 2.05) is 0 Å². The van der Waals surface area contributed by atoms with E-state index >= 15 is 0 Å². The lowest BCUT2D eigenvalue weighted by atomic mass is 10.1. The molecule has 0 saturated carbocycles. The quantitative estimate of drug-likeness (QED) is 0.466. The summed E-state index contributed by atoms with van der Waals surface area (Å²) in [6, 6.07) is 6.86. The molecule has 1 aromatic carbocycles. The third-order valence-electron chi connectivity index (χ3n) is 2.84. The molecule has 1 aromatic rings. The van der Waals surface area contributed by atoms with E-state index in [2.05, 4.69) is 13.8 Å². The molecule has 0 saturated heterocycles. The molecule has 4 nitrogen and oxygen atoms in total. The molecule has 0 bridgehead atoms. The van der Waals surface area contributed by atoms with Gasteiger partial charge in [0.05, 0.1) is 4.92 Å². The molecule has 2 N–H and O–H groups in total. The van der Waals surface area contributed by atoms with E-state index in [4.69, 9.17) is 5.73 Å². The Bertz CT molecular complexity index is 381. The van der Waals surface area contributed by atoms with E-state index in [1.54, 1.807) is 36.0 Å². The molecule has 0 aliphatic heterocycles. The maximum atomic E-state index is 10.6. The van der Waals surface area contributed by atoms with Gasteiger partial charge in [0.1, 0.15) is 0 Å². The number of benzene rings is 1. The highest BCUT2D eigenvalue weighted by molar-refractivity contribution is 8.00. The Morgan fingerprint density at radius 3 is 2.39 bits per heavy atom. The Balaban J connectivity index is 2.67. The van der Waals surface area contributed by atoms with Gasteiger partial charge in [0.25, 0.3) is 5.69 Å². The maximum Gasteiger partial charge on any atom is 0.269 e. The van der Waals surface area contributed by atoms with Crippen molar-refractivity contribution in [2.24, 2.45) is 5.73 Å². The fourth-order valence-electron chi connectivity index (χ4n) is 1.81. The molecule has 100 valence electrons. The zero-order valence-corrected chi connectivity index (χ0v) is 11.7. The fraction of sp³-hybridized carbons (Fsp3) is 0.538. The van der Waals surface area contributed by atoms with E-state index in [0.29, 0.717) is 5.25 Å². The number of nitro benzene ring substituents is 1. The van der Waals surface area contributed by atoms with Crippen molar-refractivity contribution in [2.45, 2.75) is 49.3 Å². The van der Waals surface area contributed by atoms with Crippen LogP contribution in [0.15, 0.2) is 29.2 Å². The molecule has 0 spiro atoms. The minimum atomic E-state index is -0.380. The fourth-order valence-corrected chi connectivity index (χ4v) is 2.93. The lowest BCUT2D eigenvalue weighted by Gasteiger charge is -2.21. The van der Waals surface area contributed by atoms with Gasteiger partial charge in [-0.3, -0.25) is 10.1 Å². The van der Waals surface area contributed by atoms with Crippen LogP contribution in [0.5, 0.6) is 0 Å². The molecule has 0 fully saturated rings. The smallest absolute Gasteiger partial charge is 0.269 e. The van der Waals surface area contributed by atoms with Crippen molar-refractivity contribution in [1.82, 2.24) is 0 Å². The predicted molar refractivity (Wildman–Crippen MR) is 75.9 cm³/mol. The van der Waals surface area contributed by atoms with E-state index in [-0.39, 0.29) is 16.7 Å². The van der Waals surface area contributed by atoms with Crippen LogP contribution in [0.1, 0.15) is 33.1 Å². The first-order valence-electron chi connectivity index (χ1n) is 6.25.